The summed E-state index contributed by atoms with van der Waals surface area (Å²) in [6, 6.07) is 6.41. The Morgan fingerprint density at radius 3 is 2.38 bits per heavy atom. The molecular formula is C14H12BrF3N2O. The van der Waals surface area contributed by atoms with Crippen LogP contribution in [0.3, 0.4) is 0 Å². The first-order valence-corrected chi connectivity index (χ1v) is 6.82. The van der Waals surface area contributed by atoms with Crippen LogP contribution < -0.4 is 0 Å². The van der Waals surface area contributed by atoms with Crippen molar-refractivity contribution in [3.63, 3.8) is 0 Å². The Labute approximate surface area is 127 Å². The lowest BCUT2D eigenvalue weighted by Crippen LogP contribution is -2.26. The number of H-pyrrole nitrogens is 1. The lowest BCUT2D eigenvalue weighted by atomic mass is 10.1. The van der Waals surface area contributed by atoms with E-state index in [1.807, 2.05) is 0 Å². The van der Waals surface area contributed by atoms with Crippen LogP contribution in [0, 0.1) is 0 Å². The van der Waals surface area contributed by atoms with Crippen molar-refractivity contribution in [3.05, 3.63) is 57.8 Å². The Morgan fingerprint density at radius 2 is 1.90 bits per heavy atom. The van der Waals surface area contributed by atoms with Gasteiger partial charge in [-0.15, -0.1) is 0 Å². The number of nitrogens with one attached hydrogen (secondary N) is 1. The molecule has 0 saturated carbocycles. The third-order valence-electron chi connectivity index (χ3n) is 2.93. The molecule has 1 N–H and O–H groups in total. The quantitative estimate of drug-likeness (QED) is 0.879. The zero-order valence-electron chi connectivity index (χ0n) is 11.0. The molecule has 1 aromatic carbocycles. The Hall–Kier alpha value is -1.76. The van der Waals surface area contributed by atoms with Crippen molar-refractivity contribution in [2.45, 2.75) is 12.7 Å². The van der Waals surface area contributed by atoms with Gasteiger partial charge in [0, 0.05) is 24.3 Å². The molecule has 0 unspecified atom stereocenters. The average molecular weight is 361 g/mol. The first-order chi connectivity index (χ1) is 9.77. The number of aromatic nitrogens is 1. The molecule has 0 aliphatic rings. The van der Waals surface area contributed by atoms with Crippen LogP contribution in [0.5, 0.6) is 0 Å². The van der Waals surface area contributed by atoms with Crippen LogP contribution in [0.15, 0.2) is 41.0 Å². The van der Waals surface area contributed by atoms with Gasteiger partial charge in [-0.3, -0.25) is 4.79 Å². The number of carbonyl (C=O) groups is 1. The minimum atomic E-state index is -4.35. The predicted octanol–water partition coefficient (Wildman–Crippen LogP) is 4.07. The van der Waals surface area contributed by atoms with Crippen molar-refractivity contribution < 1.29 is 18.0 Å². The Kier molecular flexibility index (Phi) is 4.41. The van der Waals surface area contributed by atoms with E-state index in [4.69, 9.17) is 0 Å². The van der Waals surface area contributed by atoms with Gasteiger partial charge in [0.25, 0.3) is 5.91 Å². The third-order valence-corrected chi connectivity index (χ3v) is 3.38. The number of rotatable bonds is 3. The summed E-state index contributed by atoms with van der Waals surface area (Å²) in [6.07, 6.45) is -2.71. The maximum Gasteiger partial charge on any atom is 0.416 e. The van der Waals surface area contributed by atoms with E-state index in [9.17, 15) is 18.0 Å². The second-order valence-corrected chi connectivity index (χ2v) is 5.50. The maximum absolute atomic E-state index is 12.5. The van der Waals surface area contributed by atoms with Crippen LogP contribution in [0.1, 0.15) is 21.6 Å². The molecule has 0 aliphatic carbocycles. The number of hydrogen-bond acceptors (Lipinski definition) is 1. The fraction of sp³-hybridized carbons (Fsp3) is 0.214. The predicted molar refractivity (Wildman–Crippen MR) is 75.7 cm³/mol. The van der Waals surface area contributed by atoms with Crippen molar-refractivity contribution in [2.75, 3.05) is 7.05 Å². The highest BCUT2D eigenvalue weighted by Gasteiger charge is 2.30. The number of carbonyl (C=O) groups excluding carboxylic acids is 1. The zero-order chi connectivity index (χ0) is 15.6. The van der Waals surface area contributed by atoms with Crippen molar-refractivity contribution in [2.24, 2.45) is 0 Å². The monoisotopic (exact) mass is 360 g/mol. The number of hydrogen-bond donors (Lipinski definition) is 1. The van der Waals surface area contributed by atoms with Gasteiger partial charge in [0.2, 0.25) is 0 Å². The number of alkyl halides is 3. The van der Waals surface area contributed by atoms with Gasteiger partial charge in [-0.1, -0.05) is 12.1 Å². The Morgan fingerprint density at radius 1 is 1.29 bits per heavy atom. The molecule has 1 aromatic heterocycles. The van der Waals surface area contributed by atoms with Crippen LogP contribution in [0.2, 0.25) is 0 Å². The molecule has 2 aromatic rings. The van der Waals surface area contributed by atoms with Crippen molar-refractivity contribution in [1.82, 2.24) is 9.88 Å². The number of benzene rings is 1. The topological polar surface area (TPSA) is 36.1 Å². The van der Waals surface area contributed by atoms with E-state index in [1.165, 1.54) is 17.0 Å². The molecule has 0 spiro atoms. The van der Waals surface area contributed by atoms with Gasteiger partial charge in [0.1, 0.15) is 5.69 Å². The normalized spacial score (nSPS) is 11.5. The molecule has 0 saturated heterocycles. The second-order valence-electron chi connectivity index (χ2n) is 4.59. The second kappa shape index (κ2) is 5.93. The number of halogens is 4. The van der Waals surface area contributed by atoms with Gasteiger partial charge in [0.05, 0.1) is 5.56 Å². The van der Waals surface area contributed by atoms with Crippen LogP contribution in [0.25, 0.3) is 0 Å². The fourth-order valence-corrected chi connectivity index (χ4v) is 2.19. The summed E-state index contributed by atoms with van der Waals surface area (Å²) in [4.78, 5) is 16.3. The molecule has 21 heavy (non-hydrogen) atoms. The molecule has 0 radical (unpaired) electrons. The number of aromatic amines is 1. The van der Waals surface area contributed by atoms with Gasteiger partial charge in [-0.05, 0) is 39.7 Å². The van der Waals surface area contributed by atoms with Gasteiger partial charge >= 0.3 is 6.18 Å². The summed E-state index contributed by atoms with van der Waals surface area (Å²) in [5.74, 6) is -0.236. The fourth-order valence-electron chi connectivity index (χ4n) is 1.84. The van der Waals surface area contributed by atoms with Gasteiger partial charge in [-0.25, -0.2) is 0 Å². The summed E-state index contributed by atoms with van der Waals surface area (Å²) < 4.78 is 38.1. The Bertz CT molecular complexity index is 634. The highest BCUT2D eigenvalue weighted by molar-refractivity contribution is 9.10. The van der Waals surface area contributed by atoms with Crippen molar-refractivity contribution >= 4 is 21.8 Å². The van der Waals surface area contributed by atoms with Gasteiger partial charge < -0.3 is 9.88 Å². The van der Waals surface area contributed by atoms with E-state index < -0.39 is 11.7 Å². The first kappa shape index (κ1) is 15.6. The standard InChI is InChI=1S/C14H12BrF3N2O/c1-20(13(21)12-6-11(15)7-19-12)8-9-2-4-10(5-3-9)14(16,17)18/h2-7,19H,8H2,1H3. The van der Waals surface area contributed by atoms with Gasteiger partial charge in [-0.2, -0.15) is 13.2 Å². The third kappa shape index (κ3) is 3.87. The van der Waals surface area contributed by atoms with Crippen molar-refractivity contribution in [3.8, 4) is 0 Å². The highest BCUT2D eigenvalue weighted by Crippen LogP contribution is 2.29. The molecule has 2 rings (SSSR count). The maximum atomic E-state index is 12.5. The molecule has 7 heteroatoms. The summed E-state index contributed by atoms with van der Waals surface area (Å²) >= 11 is 3.23. The highest BCUT2D eigenvalue weighted by atomic mass is 79.9. The lowest BCUT2D eigenvalue weighted by Gasteiger charge is -2.17. The molecule has 3 nitrogen and oxygen atoms in total. The summed E-state index contributed by atoms with van der Waals surface area (Å²) in [7, 11) is 1.59. The molecule has 112 valence electrons. The van der Waals surface area contributed by atoms with Crippen LogP contribution in [-0.4, -0.2) is 22.8 Å². The van der Waals surface area contributed by atoms with E-state index >= 15 is 0 Å². The largest absolute Gasteiger partial charge is 0.416 e. The van der Waals surface area contributed by atoms with E-state index in [-0.39, 0.29) is 12.5 Å². The Balaban J connectivity index is 2.06. The molecule has 0 atom stereocenters. The molecule has 0 fully saturated rings. The number of nitrogens with zero attached hydrogens (tertiary/aromatic N) is 1. The van der Waals surface area contributed by atoms with Crippen LogP contribution in [-0.2, 0) is 12.7 Å². The number of amides is 1. The van der Waals surface area contributed by atoms with Crippen molar-refractivity contribution in [1.29, 1.82) is 0 Å². The molecular weight excluding hydrogens is 349 g/mol. The lowest BCUT2D eigenvalue weighted by molar-refractivity contribution is -0.137. The van der Waals surface area contributed by atoms with E-state index in [1.54, 1.807) is 19.3 Å². The molecule has 1 amide bonds. The van der Waals surface area contributed by atoms with Crippen LogP contribution in [0.4, 0.5) is 13.2 Å². The summed E-state index contributed by atoms with van der Waals surface area (Å²) in [5, 5.41) is 0. The SMILES string of the molecule is CN(Cc1ccc(C(F)(F)F)cc1)C(=O)c1cc(Br)c[nH]1. The average Bonchev–Trinajstić information content (AvgIpc) is 2.84. The minimum Gasteiger partial charge on any atom is -0.356 e. The van der Waals surface area contributed by atoms with Crippen LogP contribution >= 0.6 is 15.9 Å². The smallest absolute Gasteiger partial charge is 0.356 e. The molecule has 0 bridgehead atoms. The van der Waals surface area contributed by atoms with E-state index in [0.717, 1.165) is 16.6 Å². The zero-order valence-corrected chi connectivity index (χ0v) is 12.6. The summed E-state index contributed by atoms with van der Waals surface area (Å²) in [6.45, 7) is 0.230. The molecule has 0 aliphatic heterocycles. The molecule has 1 heterocycles. The first-order valence-electron chi connectivity index (χ1n) is 6.03. The van der Waals surface area contributed by atoms with Gasteiger partial charge in [0.15, 0.2) is 0 Å². The van der Waals surface area contributed by atoms with E-state index in [2.05, 4.69) is 20.9 Å². The van der Waals surface area contributed by atoms with E-state index in [0.29, 0.717) is 11.3 Å². The summed E-state index contributed by atoms with van der Waals surface area (Å²) in [5.41, 5.74) is 0.342. The minimum absolute atomic E-state index is 0.230.